The van der Waals surface area contributed by atoms with Crippen molar-refractivity contribution in [1.29, 1.82) is 0 Å². The molecule has 5 heteroatoms. The Morgan fingerprint density at radius 1 is 0.889 bits per heavy atom. The van der Waals surface area contributed by atoms with Crippen LogP contribution in [0.2, 0.25) is 0 Å². The maximum atomic E-state index is 12.4. The molecule has 27 heavy (non-hydrogen) atoms. The second-order valence-corrected chi connectivity index (χ2v) is 7.20. The Morgan fingerprint density at radius 3 is 2.44 bits per heavy atom. The highest BCUT2D eigenvalue weighted by atomic mass is 16.2. The molecule has 0 aliphatic carbocycles. The minimum atomic E-state index is 0.132. The van der Waals surface area contributed by atoms with Crippen LogP contribution in [-0.2, 0) is 11.3 Å². The fourth-order valence-electron chi connectivity index (χ4n) is 4.07. The first-order valence-corrected chi connectivity index (χ1v) is 9.52. The molecule has 0 N–H and O–H groups in total. The van der Waals surface area contributed by atoms with Gasteiger partial charge in [-0.2, -0.15) is 0 Å². The minimum absolute atomic E-state index is 0.132. The second-order valence-electron chi connectivity index (χ2n) is 7.20. The van der Waals surface area contributed by atoms with E-state index in [0.717, 1.165) is 55.6 Å². The van der Waals surface area contributed by atoms with E-state index in [1.165, 1.54) is 5.56 Å². The van der Waals surface area contributed by atoms with Crippen LogP contribution in [0.5, 0.6) is 0 Å². The third-order valence-corrected chi connectivity index (χ3v) is 5.46. The number of aliphatic imine (C=N–C) groups is 1. The lowest BCUT2D eigenvalue weighted by Gasteiger charge is -2.39. The van der Waals surface area contributed by atoms with Crippen LogP contribution >= 0.6 is 0 Å². The van der Waals surface area contributed by atoms with Gasteiger partial charge in [-0.3, -0.25) is 14.6 Å². The van der Waals surface area contributed by atoms with Crippen LogP contribution in [0.1, 0.15) is 12.0 Å². The Labute approximate surface area is 159 Å². The van der Waals surface area contributed by atoms with E-state index in [1.54, 1.807) is 0 Å². The van der Waals surface area contributed by atoms with E-state index in [-0.39, 0.29) is 5.91 Å². The minimum Gasteiger partial charge on any atom is -0.352 e. The number of amides is 1. The van der Waals surface area contributed by atoms with Gasteiger partial charge in [0.1, 0.15) is 0 Å². The summed E-state index contributed by atoms with van der Waals surface area (Å²) >= 11 is 0. The van der Waals surface area contributed by atoms with Crippen molar-refractivity contribution in [2.24, 2.45) is 4.99 Å². The first kappa shape index (κ1) is 16.3. The number of rotatable bonds is 2. The molecule has 3 aliphatic rings. The molecule has 0 bridgehead atoms. The van der Waals surface area contributed by atoms with Crippen molar-refractivity contribution < 1.29 is 4.79 Å². The summed E-state index contributed by atoms with van der Waals surface area (Å²) in [7, 11) is 0. The van der Waals surface area contributed by atoms with Crippen molar-refractivity contribution >= 4 is 23.1 Å². The van der Waals surface area contributed by atoms with Gasteiger partial charge in [-0.15, -0.1) is 0 Å². The number of nitrogens with zero attached hydrogens (tertiary/aromatic N) is 4. The fraction of sp³-hybridized carbons (Fsp3) is 0.273. The molecule has 1 amide bonds. The Balaban J connectivity index is 1.35. The molecule has 2 aromatic carbocycles. The molecule has 3 aliphatic heterocycles. The van der Waals surface area contributed by atoms with Gasteiger partial charge in [-0.1, -0.05) is 42.5 Å². The highest BCUT2D eigenvalue weighted by Gasteiger charge is 2.36. The monoisotopic (exact) mass is 358 g/mol. The predicted octanol–water partition coefficient (Wildman–Crippen LogP) is 3.17. The van der Waals surface area contributed by atoms with E-state index in [4.69, 9.17) is 4.99 Å². The third-order valence-electron chi connectivity index (χ3n) is 5.46. The largest absolute Gasteiger partial charge is 0.352 e. The molecule has 0 saturated carbocycles. The summed E-state index contributed by atoms with van der Waals surface area (Å²) in [6.45, 7) is 4.82. The summed E-state index contributed by atoms with van der Waals surface area (Å²) in [6, 6.07) is 18.5. The quantitative estimate of drug-likeness (QED) is 0.828. The van der Waals surface area contributed by atoms with Crippen molar-refractivity contribution in [2.45, 2.75) is 13.0 Å². The van der Waals surface area contributed by atoms with Gasteiger partial charge >= 0.3 is 0 Å². The molecule has 5 nitrogen and oxygen atoms in total. The summed E-state index contributed by atoms with van der Waals surface area (Å²) in [5.41, 5.74) is 4.09. The number of carbonyl (C=O) groups is 1. The van der Waals surface area contributed by atoms with Crippen LogP contribution in [0.3, 0.4) is 0 Å². The molecular weight excluding hydrogens is 336 g/mol. The summed E-state index contributed by atoms with van der Waals surface area (Å²) in [5.74, 6) is 1.08. The topological polar surface area (TPSA) is 39.2 Å². The van der Waals surface area contributed by atoms with Crippen LogP contribution in [0.15, 0.2) is 71.4 Å². The molecule has 136 valence electrons. The van der Waals surface area contributed by atoms with Crippen molar-refractivity contribution in [2.75, 3.05) is 31.1 Å². The van der Waals surface area contributed by atoms with Crippen LogP contribution in [0.25, 0.3) is 0 Å². The van der Waals surface area contributed by atoms with E-state index < -0.39 is 0 Å². The Morgan fingerprint density at radius 2 is 1.63 bits per heavy atom. The number of anilines is 1. The van der Waals surface area contributed by atoms with E-state index >= 15 is 0 Å². The Hall–Kier alpha value is -2.92. The van der Waals surface area contributed by atoms with Gasteiger partial charge in [-0.25, -0.2) is 4.99 Å². The van der Waals surface area contributed by atoms with Crippen molar-refractivity contribution in [3.63, 3.8) is 0 Å². The molecule has 1 saturated heterocycles. The van der Waals surface area contributed by atoms with Gasteiger partial charge in [-0.05, 0) is 23.8 Å². The summed E-state index contributed by atoms with van der Waals surface area (Å²) in [4.78, 5) is 24.0. The van der Waals surface area contributed by atoms with Crippen LogP contribution in [0, 0.1) is 0 Å². The summed E-state index contributed by atoms with van der Waals surface area (Å²) < 4.78 is 0. The lowest BCUT2D eigenvalue weighted by molar-refractivity contribution is -0.116. The van der Waals surface area contributed by atoms with E-state index in [2.05, 4.69) is 40.1 Å². The van der Waals surface area contributed by atoms with Gasteiger partial charge in [0.2, 0.25) is 5.91 Å². The van der Waals surface area contributed by atoms with E-state index in [0.29, 0.717) is 6.42 Å². The zero-order chi connectivity index (χ0) is 18.2. The Kier molecular flexibility index (Phi) is 4.02. The predicted molar refractivity (Wildman–Crippen MR) is 107 cm³/mol. The molecule has 0 spiro atoms. The first-order chi connectivity index (χ1) is 13.3. The molecule has 1 fully saturated rings. The molecule has 0 atom stereocenters. The lowest BCUT2D eigenvalue weighted by Crippen LogP contribution is -2.50. The molecule has 2 aromatic rings. The fourth-order valence-corrected chi connectivity index (χ4v) is 4.07. The molecule has 0 aromatic heterocycles. The number of amidine groups is 1. The van der Waals surface area contributed by atoms with E-state index in [9.17, 15) is 4.79 Å². The highest BCUT2D eigenvalue weighted by Crippen LogP contribution is 2.39. The zero-order valence-electron chi connectivity index (χ0n) is 15.2. The number of piperazine rings is 1. The maximum absolute atomic E-state index is 12.4. The third kappa shape index (κ3) is 2.94. The molecule has 0 radical (unpaired) electrons. The number of fused-ring (bicyclic) bond motifs is 3. The lowest BCUT2D eigenvalue weighted by atomic mass is 10.1. The van der Waals surface area contributed by atoms with E-state index in [1.807, 2.05) is 35.2 Å². The number of benzene rings is 2. The molecule has 5 rings (SSSR count). The average molecular weight is 358 g/mol. The smallest absolute Gasteiger partial charge is 0.235 e. The zero-order valence-corrected chi connectivity index (χ0v) is 15.2. The highest BCUT2D eigenvalue weighted by molar-refractivity contribution is 6.18. The van der Waals surface area contributed by atoms with Crippen molar-refractivity contribution in [3.8, 4) is 0 Å². The maximum Gasteiger partial charge on any atom is 0.235 e. The Bertz CT molecular complexity index is 926. The summed E-state index contributed by atoms with van der Waals surface area (Å²) in [5, 5.41) is 0. The van der Waals surface area contributed by atoms with Gasteiger partial charge in [0.05, 0.1) is 17.1 Å². The first-order valence-electron chi connectivity index (χ1n) is 9.52. The van der Waals surface area contributed by atoms with Crippen LogP contribution in [0.4, 0.5) is 11.4 Å². The van der Waals surface area contributed by atoms with Gasteiger partial charge in [0.25, 0.3) is 0 Å². The average Bonchev–Trinajstić information content (AvgIpc) is 3.11. The summed E-state index contributed by atoms with van der Waals surface area (Å²) in [6.07, 6.45) is 2.48. The number of carbonyl (C=O) groups excluding carboxylic acids is 1. The van der Waals surface area contributed by atoms with Crippen LogP contribution < -0.4 is 4.90 Å². The standard InChI is InChI=1S/C22H22N4O/c27-21-11-10-20-22(23-18-8-4-5-9-19(18)26(20)21)25-14-12-24(13-15-25)16-17-6-2-1-3-7-17/h1-10H,11-16H2. The molecule has 0 unspecified atom stereocenters. The van der Waals surface area contributed by atoms with Gasteiger partial charge in [0.15, 0.2) is 5.84 Å². The molecular formula is C22H22N4O. The van der Waals surface area contributed by atoms with Gasteiger partial charge < -0.3 is 4.90 Å². The normalized spacial score (nSPS) is 19.5. The molecule has 3 heterocycles. The van der Waals surface area contributed by atoms with Crippen molar-refractivity contribution in [1.82, 2.24) is 9.80 Å². The SMILES string of the molecule is O=C1CC=C2C(N3CCN(Cc4ccccc4)CC3)=Nc3ccccc3N12. The second kappa shape index (κ2) is 6.67. The van der Waals surface area contributed by atoms with Crippen molar-refractivity contribution in [3.05, 3.63) is 71.9 Å². The number of para-hydroxylation sites is 2. The van der Waals surface area contributed by atoms with Gasteiger partial charge in [0, 0.05) is 39.1 Å². The number of hydrogen-bond donors (Lipinski definition) is 0. The number of hydrogen-bond acceptors (Lipinski definition) is 4. The van der Waals surface area contributed by atoms with Crippen LogP contribution in [-0.4, -0.2) is 47.7 Å².